The Balaban J connectivity index is 3.87. The molecule has 0 radical (unpaired) electrons. The molecule has 0 bridgehead atoms. The van der Waals surface area contributed by atoms with Gasteiger partial charge in [0.25, 0.3) is 6.48 Å². The molecule has 0 unspecified atom stereocenters. The van der Waals surface area contributed by atoms with E-state index in [0.717, 1.165) is 58.3 Å². The second kappa shape index (κ2) is 30.1. The van der Waals surface area contributed by atoms with Crippen molar-refractivity contribution in [2.24, 2.45) is 0 Å². The number of hydrogen-bond donors (Lipinski definition) is 0. The molecule has 200 valence electrons. The highest BCUT2D eigenvalue weighted by atomic mass is 16.8. The summed E-state index contributed by atoms with van der Waals surface area (Å²) >= 11 is 0. The highest BCUT2D eigenvalue weighted by Gasteiger charge is 2.09. The molecular weight excluding hydrogens is 420 g/mol. The van der Waals surface area contributed by atoms with Crippen LogP contribution in [0.5, 0.6) is 0 Å². The van der Waals surface area contributed by atoms with E-state index in [0.29, 0.717) is 0 Å². The van der Waals surface area contributed by atoms with Gasteiger partial charge in [-0.1, -0.05) is 95.3 Å². The molecule has 0 aromatic carbocycles. The first kappa shape index (κ1) is 33.1. The van der Waals surface area contributed by atoms with E-state index in [-0.39, 0.29) is 0 Å². The van der Waals surface area contributed by atoms with Gasteiger partial charge in [0.1, 0.15) is 0 Å². The molecule has 0 aliphatic heterocycles. The molecule has 3 nitrogen and oxygen atoms in total. The number of ether oxygens (including phenoxy) is 3. The molecule has 3 heteroatoms. The van der Waals surface area contributed by atoms with Gasteiger partial charge in [-0.15, -0.1) is 19.7 Å². The summed E-state index contributed by atoms with van der Waals surface area (Å²) < 4.78 is 17.9. The highest BCUT2D eigenvalue weighted by Crippen LogP contribution is 2.12. The van der Waals surface area contributed by atoms with Crippen LogP contribution in [0.3, 0.4) is 0 Å². The summed E-state index contributed by atoms with van der Waals surface area (Å²) in [6, 6.07) is 0. The van der Waals surface area contributed by atoms with Gasteiger partial charge in [-0.05, 0) is 57.8 Å². The minimum absolute atomic E-state index is 0.493. The first-order valence-electron chi connectivity index (χ1n) is 14.5. The lowest BCUT2D eigenvalue weighted by Gasteiger charge is -2.19. The lowest BCUT2D eigenvalue weighted by molar-refractivity contribution is -0.288. The van der Waals surface area contributed by atoms with Crippen molar-refractivity contribution in [3.8, 4) is 0 Å². The van der Waals surface area contributed by atoms with Gasteiger partial charge < -0.3 is 14.2 Å². The van der Waals surface area contributed by atoms with Crippen molar-refractivity contribution in [1.82, 2.24) is 0 Å². The zero-order valence-corrected chi connectivity index (χ0v) is 22.6. The third-order valence-electron chi connectivity index (χ3n) is 6.17. The quantitative estimate of drug-likeness (QED) is 0.0584. The molecule has 0 saturated heterocycles. The molecule has 0 N–H and O–H groups in total. The molecule has 0 aromatic heterocycles. The Hall–Kier alpha value is -0.900. The van der Waals surface area contributed by atoms with Crippen LogP contribution in [-0.4, -0.2) is 26.3 Å². The molecule has 0 spiro atoms. The van der Waals surface area contributed by atoms with Crippen LogP contribution in [0.1, 0.15) is 135 Å². The molecule has 0 atom stereocenters. The summed E-state index contributed by atoms with van der Waals surface area (Å²) in [4.78, 5) is 0. The zero-order chi connectivity index (χ0) is 24.8. The molecule has 0 saturated carbocycles. The Kier molecular flexibility index (Phi) is 29.3. The lowest BCUT2D eigenvalue weighted by Crippen LogP contribution is -2.23. The Morgan fingerprint density at radius 3 is 0.853 bits per heavy atom. The van der Waals surface area contributed by atoms with E-state index in [1.807, 2.05) is 18.2 Å². The Labute approximate surface area is 213 Å². The fourth-order valence-corrected chi connectivity index (χ4v) is 3.98. The smallest absolute Gasteiger partial charge is 0.271 e. The first-order chi connectivity index (χ1) is 16.8. The molecule has 0 amide bonds. The van der Waals surface area contributed by atoms with Crippen LogP contribution in [-0.2, 0) is 14.2 Å². The summed E-state index contributed by atoms with van der Waals surface area (Å²) in [5, 5.41) is 0. The standard InChI is InChI=1S/C31H58O3/c1-4-7-10-13-16-19-22-25-28-32-31(33-29-26-23-20-17-14-11-8-5-2)34-30-27-24-21-18-15-12-9-6-3/h4-6,31H,1-3,7-30H2. The maximum Gasteiger partial charge on any atom is 0.271 e. The Bertz CT molecular complexity index is 359. The van der Waals surface area contributed by atoms with Crippen LogP contribution in [0.2, 0.25) is 0 Å². The van der Waals surface area contributed by atoms with Crippen molar-refractivity contribution in [3.63, 3.8) is 0 Å². The van der Waals surface area contributed by atoms with Crippen LogP contribution in [0, 0.1) is 0 Å². The summed E-state index contributed by atoms with van der Waals surface area (Å²) in [5.41, 5.74) is 0. The SMILES string of the molecule is C=CCCCCCCCCOC(OCCCCCCCCC=C)OCCCCCCCCC=C. The average molecular weight is 479 g/mol. The summed E-state index contributed by atoms with van der Waals surface area (Å²) in [6.07, 6.45) is 31.9. The minimum Gasteiger partial charge on any atom is -0.330 e. The van der Waals surface area contributed by atoms with Crippen molar-refractivity contribution >= 4 is 0 Å². The third kappa shape index (κ3) is 27.3. The van der Waals surface area contributed by atoms with Crippen LogP contribution in [0.4, 0.5) is 0 Å². The molecule has 0 aromatic rings. The van der Waals surface area contributed by atoms with E-state index >= 15 is 0 Å². The fourth-order valence-electron chi connectivity index (χ4n) is 3.98. The van der Waals surface area contributed by atoms with Gasteiger partial charge in [0, 0.05) is 0 Å². The lowest BCUT2D eigenvalue weighted by atomic mass is 10.1. The largest absolute Gasteiger partial charge is 0.330 e. The van der Waals surface area contributed by atoms with Crippen LogP contribution < -0.4 is 0 Å². The van der Waals surface area contributed by atoms with Crippen molar-refractivity contribution < 1.29 is 14.2 Å². The molecular formula is C31H58O3. The van der Waals surface area contributed by atoms with Gasteiger partial charge in [0.15, 0.2) is 0 Å². The highest BCUT2D eigenvalue weighted by molar-refractivity contribution is 4.66. The van der Waals surface area contributed by atoms with Gasteiger partial charge >= 0.3 is 0 Å². The predicted octanol–water partition coefficient (Wildman–Crippen LogP) is 10.1. The van der Waals surface area contributed by atoms with Gasteiger partial charge in [0.05, 0.1) is 19.8 Å². The maximum atomic E-state index is 5.95. The second-order valence-electron chi connectivity index (χ2n) is 9.50. The molecule has 0 aliphatic carbocycles. The van der Waals surface area contributed by atoms with Crippen LogP contribution in [0.15, 0.2) is 38.0 Å². The van der Waals surface area contributed by atoms with Gasteiger partial charge in [-0.25, -0.2) is 0 Å². The number of unbranched alkanes of at least 4 members (excludes halogenated alkanes) is 18. The minimum atomic E-state index is -0.493. The first-order valence-corrected chi connectivity index (χ1v) is 14.5. The number of allylic oxidation sites excluding steroid dienone is 3. The second-order valence-corrected chi connectivity index (χ2v) is 9.50. The molecule has 0 fully saturated rings. The normalized spacial score (nSPS) is 11.2. The number of hydrogen-bond acceptors (Lipinski definition) is 3. The van der Waals surface area contributed by atoms with Crippen molar-refractivity contribution in [1.29, 1.82) is 0 Å². The molecule has 0 rings (SSSR count). The van der Waals surface area contributed by atoms with Crippen molar-refractivity contribution in [2.45, 2.75) is 141 Å². The van der Waals surface area contributed by atoms with E-state index in [2.05, 4.69) is 19.7 Å². The van der Waals surface area contributed by atoms with Gasteiger partial charge in [-0.3, -0.25) is 0 Å². The van der Waals surface area contributed by atoms with E-state index < -0.39 is 6.48 Å². The van der Waals surface area contributed by atoms with E-state index in [1.54, 1.807) is 0 Å². The fraction of sp³-hybridized carbons (Fsp3) is 0.806. The predicted molar refractivity (Wildman–Crippen MR) is 149 cm³/mol. The zero-order valence-electron chi connectivity index (χ0n) is 22.6. The maximum absolute atomic E-state index is 5.95. The molecule has 34 heavy (non-hydrogen) atoms. The van der Waals surface area contributed by atoms with E-state index in [1.165, 1.54) is 96.3 Å². The summed E-state index contributed by atoms with van der Waals surface area (Å²) in [7, 11) is 0. The van der Waals surface area contributed by atoms with Crippen LogP contribution >= 0.6 is 0 Å². The van der Waals surface area contributed by atoms with E-state index in [9.17, 15) is 0 Å². The van der Waals surface area contributed by atoms with Crippen LogP contribution in [0.25, 0.3) is 0 Å². The summed E-state index contributed by atoms with van der Waals surface area (Å²) in [5.74, 6) is 0. The molecule has 0 heterocycles. The van der Waals surface area contributed by atoms with Gasteiger partial charge in [-0.2, -0.15) is 0 Å². The monoisotopic (exact) mass is 478 g/mol. The summed E-state index contributed by atoms with van der Waals surface area (Å²) in [6.45, 7) is 13.0. The third-order valence-corrected chi connectivity index (χ3v) is 6.17. The molecule has 0 aliphatic rings. The van der Waals surface area contributed by atoms with E-state index in [4.69, 9.17) is 14.2 Å². The average Bonchev–Trinajstić information content (AvgIpc) is 2.85. The Morgan fingerprint density at radius 1 is 0.353 bits per heavy atom. The van der Waals surface area contributed by atoms with Gasteiger partial charge in [0.2, 0.25) is 0 Å². The van der Waals surface area contributed by atoms with Crippen molar-refractivity contribution in [2.75, 3.05) is 19.8 Å². The van der Waals surface area contributed by atoms with Crippen molar-refractivity contribution in [3.05, 3.63) is 38.0 Å². The Morgan fingerprint density at radius 2 is 0.588 bits per heavy atom. The topological polar surface area (TPSA) is 27.7 Å². The number of rotatable bonds is 30.